The van der Waals surface area contributed by atoms with Gasteiger partial charge in [-0.15, -0.1) is 0 Å². The van der Waals surface area contributed by atoms with Gasteiger partial charge in [0.25, 0.3) is 0 Å². The topological polar surface area (TPSA) is 51.8 Å². The van der Waals surface area contributed by atoms with Crippen molar-refractivity contribution in [1.29, 1.82) is 0 Å². The number of halogens is 3. The predicted octanol–water partition coefficient (Wildman–Crippen LogP) is 5.05. The van der Waals surface area contributed by atoms with Gasteiger partial charge in [0.2, 0.25) is 0 Å². The fourth-order valence-electron chi connectivity index (χ4n) is 2.76. The van der Waals surface area contributed by atoms with Gasteiger partial charge in [-0.05, 0) is 47.0 Å². The lowest BCUT2D eigenvalue weighted by Gasteiger charge is -2.14. The second-order valence-corrected chi connectivity index (χ2v) is 6.98. The highest BCUT2D eigenvalue weighted by molar-refractivity contribution is 9.11. The minimum absolute atomic E-state index is 0.327. The van der Waals surface area contributed by atoms with E-state index in [1.165, 1.54) is 25.0 Å². The molecule has 0 radical (unpaired) electrons. The van der Waals surface area contributed by atoms with Gasteiger partial charge in [-0.1, -0.05) is 28.8 Å². The van der Waals surface area contributed by atoms with E-state index in [0.717, 1.165) is 23.0 Å². The van der Waals surface area contributed by atoms with Crippen molar-refractivity contribution >= 4 is 37.7 Å². The second-order valence-electron chi connectivity index (χ2n) is 5.27. The average Bonchev–Trinajstić information content (AvgIpc) is 2.94. The van der Waals surface area contributed by atoms with Crippen molar-refractivity contribution in [2.24, 2.45) is 0 Å². The fraction of sp³-hybridized carbons (Fsp3) is 0.333. The quantitative estimate of drug-likeness (QED) is 0.748. The molecule has 21 heavy (non-hydrogen) atoms. The van der Waals surface area contributed by atoms with Crippen molar-refractivity contribution in [2.75, 3.05) is 5.73 Å². The van der Waals surface area contributed by atoms with Crippen LogP contribution in [0.5, 0.6) is 0 Å². The molecule has 1 aromatic carbocycles. The summed E-state index contributed by atoms with van der Waals surface area (Å²) in [6.07, 6.45) is 4.65. The first kappa shape index (κ1) is 14.9. The van der Waals surface area contributed by atoms with Crippen molar-refractivity contribution in [3.8, 4) is 11.4 Å². The number of nitrogens with zero attached hydrogens (tertiary/aromatic N) is 2. The molecule has 1 aliphatic rings. The Morgan fingerprint density at radius 2 is 1.81 bits per heavy atom. The van der Waals surface area contributed by atoms with Crippen LogP contribution in [-0.4, -0.2) is 9.97 Å². The minimum Gasteiger partial charge on any atom is -0.383 e. The second kappa shape index (κ2) is 6.01. The summed E-state index contributed by atoms with van der Waals surface area (Å²) in [6, 6.07) is 4.62. The molecular formula is C15H14Br2FN3. The van der Waals surface area contributed by atoms with E-state index in [-0.39, 0.29) is 5.82 Å². The van der Waals surface area contributed by atoms with Crippen LogP contribution in [0.1, 0.15) is 37.3 Å². The summed E-state index contributed by atoms with van der Waals surface area (Å²) < 4.78 is 15.0. The Kier molecular flexibility index (Phi) is 4.26. The van der Waals surface area contributed by atoms with Gasteiger partial charge in [0.1, 0.15) is 11.6 Å². The lowest BCUT2D eigenvalue weighted by molar-refractivity contribution is 0.627. The normalized spacial score (nSPS) is 15.6. The van der Waals surface area contributed by atoms with Crippen LogP contribution in [0.25, 0.3) is 11.4 Å². The van der Waals surface area contributed by atoms with Crippen molar-refractivity contribution in [3.63, 3.8) is 0 Å². The van der Waals surface area contributed by atoms with Crippen LogP contribution >= 0.6 is 31.9 Å². The molecule has 1 aromatic heterocycles. The van der Waals surface area contributed by atoms with E-state index in [4.69, 9.17) is 5.73 Å². The highest BCUT2D eigenvalue weighted by Gasteiger charge is 2.23. The Balaban J connectivity index is 2.10. The molecule has 0 spiro atoms. The lowest BCUT2D eigenvalue weighted by Crippen LogP contribution is -2.06. The fourth-order valence-corrected chi connectivity index (χ4v) is 3.73. The zero-order valence-corrected chi connectivity index (χ0v) is 14.4. The summed E-state index contributed by atoms with van der Waals surface area (Å²) in [6.45, 7) is 0. The average molecular weight is 415 g/mol. The molecule has 0 unspecified atom stereocenters. The molecule has 0 bridgehead atoms. The van der Waals surface area contributed by atoms with E-state index >= 15 is 0 Å². The minimum atomic E-state index is -0.327. The summed E-state index contributed by atoms with van der Waals surface area (Å²) in [5.41, 5.74) is 7.56. The Bertz CT molecular complexity index is 665. The number of benzene rings is 1. The molecule has 1 aliphatic carbocycles. The predicted molar refractivity (Wildman–Crippen MR) is 88.4 cm³/mol. The van der Waals surface area contributed by atoms with Gasteiger partial charge in [0.15, 0.2) is 5.82 Å². The third-order valence-electron chi connectivity index (χ3n) is 3.77. The van der Waals surface area contributed by atoms with Crippen LogP contribution in [0.15, 0.2) is 27.1 Å². The Hall–Kier alpha value is -1.01. The maximum atomic E-state index is 13.6. The molecule has 1 saturated carbocycles. The van der Waals surface area contributed by atoms with Crippen molar-refractivity contribution in [1.82, 2.24) is 9.97 Å². The van der Waals surface area contributed by atoms with Gasteiger partial charge < -0.3 is 5.73 Å². The van der Waals surface area contributed by atoms with Crippen LogP contribution in [0.2, 0.25) is 0 Å². The molecular weight excluding hydrogens is 401 g/mol. The van der Waals surface area contributed by atoms with Gasteiger partial charge in [-0.25, -0.2) is 14.4 Å². The van der Waals surface area contributed by atoms with Gasteiger partial charge in [0, 0.05) is 16.0 Å². The number of rotatable bonds is 2. The van der Waals surface area contributed by atoms with Crippen LogP contribution in [0.4, 0.5) is 10.2 Å². The number of nitrogens with two attached hydrogens (primary N) is 1. The number of nitrogen functional groups attached to an aromatic ring is 1. The van der Waals surface area contributed by atoms with Crippen LogP contribution < -0.4 is 5.73 Å². The maximum Gasteiger partial charge on any atom is 0.161 e. The molecule has 3 nitrogen and oxygen atoms in total. The summed E-state index contributed by atoms with van der Waals surface area (Å²) in [5, 5.41) is 0. The number of aromatic nitrogens is 2. The zero-order chi connectivity index (χ0) is 15.0. The van der Waals surface area contributed by atoms with Gasteiger partial charge in [-0.3, -0.25) is 0 Å². The Morgan fingerprint density at radius 1 is 1.10 bits per heavy atom. The molecule has 0 aliphatic heterocycles. The SMILES string of the molecule is Nc1nc(-c2cc(F)cc(Br)c2)nc(C2CCCC2)c1Br. The number of hydrogen-bond donors (Lipinski definition) is 1. The Morgan fingerprint density at radius 3 is 2.48 bits per heavy atom. The number of anilines is 1. The Labute approximate surface area is 139 Å². The summed E-state index contributed by atoms with van der Waals surface area (Å²) in [7, 11) is 0. The van der Waals surface area contributed by atoms with Crippen LogP contribution in [0, 0.1) is 5.82 Å². The summed E-state index contributed by atoms with van der Waals surface area (Å²) >= 11 is 6.78. The lowest BCUT2D eigenvalue weighted by atomic mass is 10.0. The van der Waals surface area contributed by atoms with E-state index in [9.17, 15) is 4.39 Å². The monoisotopic (exact) mass is 413 g/mol. The molecule has 3 rings (SSSR count). The number of hydrogen-bond acceptors (Lipinski definition) is 3. The highest BCUT2D eigenvalue weighted by atomic mass is 79.9. The third-order valence-corrected chi connectivity index (χ3v) is 5.04. The largest absolute Gasteiger partial charge is 0.383 e. The molecule has 1 fully saturated rings. The summed E-state index contributed by atoms with van der Waals surface area (Å²) in [5.74, 6) is 0.951. The standard InChI is InChI=1S/C15H14Br2FN3/c16-10-5-9(6-11(18)7-10)15-20-13(8-3-1-2-4-8)12(17)14(19)21-15/h5-8H,1-4H2,(H2,19,20,21). The van der Waals surface area contributed by atoms with Crippen molar-refractivity contribution < 1.29 is 4.39 Å². The molecule has 2 N–H and O–H groups in total. The van der Waals surface area contributed by atoms with Crippen LogP contribution in [0.3, 0.4) is 0 Å². The molecule has 6 heteroatoms. The first-order valence-electron chi connectivity index (χ1n) is 6.84. The maximum absolute atomic E-state index is 13.6. The first-order valence-corrected chi connectivity index (χ1v) is 8.42. The van der Waals surface area contributed by atoms with Crippen LogP contribution in [-0.2, 0) is 0 Å². The van der Waals surface area contributed by atoms with E-state index in [1.54, 1.807) is 6.07 Å². The zero-order valence-electron chi connectivity index (χ0n) is 11.2. The highest BCUT2D eigenvalue weighted by Crippen LogP contribution is 2.39. The molecule has 2 aromatic rings. The molecule has 110 valence electrons. The summed E-state index contributed by atoms with van der Waals surface area (Å²) in [4.78, 5) is 8.93. The molecule has 1 heterocycles. The van der Waals surface area contributed by atoms with E-state index in [2.05, 4.69) is 41.8 Å². The van der Waals surface area contributed by atoms with Crippen molar-refractivity contribution in [2.45, 2.75) is 31.6 Å². The van der Waals surface area contributed by atoms with E-state index in [0.29, 0.717) is 27.6 Å². The first-order chi connectivity index (χ1) is 10.0. The van der Waals surface area contributed by atoms with Gasteiger partial charge in [0.05, 0.1) is 10.2 Å². The van der Waals surface area contributed by atoms with Gasteiger partial charge in [-0.2, -0.15) is 0 Å². The van der Waals surface area contributed by atoms with Crippen molar-refractivity contribution in [3.05, 3.63) is 38.7 Å². The van der Waals surface area contributed by atoms with E-state index < -0.39 is 0 Å². The third kappa shape index (κ3) is 3.11. The van der Waals surface area contributed by atoms with Gasteiger partial charge >= 0.3 is 0 Å². The molecule has 0 atom stereocenters. The smallest absolute Gasteiger partial charge is 0.161 e. The molecule has 0 amide bonds. The van der Waals surface area contributed by atoms with E-state index in [1.807, 2.05) is 0 Å². The molecule has 0 saturated heterocycles.